The first kappa shape index (κ1) is 21.6. The lowest BCUT2D eigenvalue weighted by atomic mass is 9.95. The number of ether oxygens (including phenoxy) is 1. The molecule has 164 valence electrons. The molecule has 4 aromatic rings. The second-order valence-corrected chi connectivity index (χ2v) is 6.99. The van der Waals surface area contributed by atoms with Crippen LogP contribution in [-0.4, -0.2) is 33.7 Å². The van der Waals surface area contributed by atoms with Crippen LogP contribution in [0, 0.1) is 0 Å². The van der Waals surface area contributed by atoms with E-state index in [1.165, 1.54) is 18.3 Å². The van der Waals surface area contributed by atoms with Crippen molar-refractivity contribution in [1.29, 1.82) is 0 Å². The van der Waals surface area contributed by atoms with Crippen molar-refractivity contribution in [2.24, 2.45) is 0 Å². The molecule has 0 aliphatic heterocycles. The van der Waals surface area contributed by atoms with Crippen molar-refractivity contribution in [2.75, 3.05) is 11.9 Å². The Bertz CT molecular complexity index is 1350. The largest absolute Gasteiger partial charge is 0.462 e. The number of carbonyl (C=O) groups excluding carboxylic acids is 2. The summed E-state index contributed by atoms with van der Waals surface area (Å²) >= 11 is 0. The van der Waals surface area contributed by atoms with Gasteiger partial charge in [-0.25, -0.2) is 14.9 Å². The lowest BCUT2D eigenvalue weighted by Crippen LogP contribution is -2.26. The highest BCUT2D eigenvalue weighted by molar-refractivity contribution is 6.10. The molecule has 4 rings (SSSR count). The predicted octanol–water partition coefficient (Wildman–Crippen LogP) is 3.93. The molecule has 2 N–H and O–H groups in total. The van der Waals surface area contributed by atoms with E-state index in [0.29, 0.717) is 16.8 Å². The molecule has 33 heavy (non-hydrogen) atoms. The Balaban J connectivity index is 1.81. The Morgan fingerprint density at radius 2 is 1.64 bits per heavy atom. The summed E-state index contributed by atoms with van der Waals surface area (Å²) < 4.78 is 4.99. The second-order valence-electron chi connectivity index (χ2n) is 6.99. The van der Waals surface area contributed by atoms with Gasteiger partial charge in [-0.15, -0.1) is 0 Å². The Morgan fingerprint density at radius 3 is 2.30 bits per heavy atom. The third-order valence-corrected chi connectivity index (χ3v) is 4.83. The molecule has 1 amide bonds. The van der Waals surface area contributed by atoms with Crippen molar-refractivity contribution in [2.45, 2.75) is 6.92 Å². The minimum Gasteiger partial charge on any atom is -0.462 e. The molecule has 0 aliphatic rings. The molecule has 0 radical (unpaired) electrons. The van der Waals surface area contributed by atoms with Gasteiger partial charge in [-0.3, -0.25) is 9.59 Å². The Kier molecular flexibility index (Phi) is 6.36. The number of carbonyl (C=O) groups is 2. The number of aromatic nitrogens is 3. The number of hydrogen-bond acceptors (Lipinski definition) is 6. The van der Waals surface area contributed by atoms with Crippen molar-refractivity contribution < 1.29 is 14.3 Å². The van der Waals surface area contributed by atoms with Gasteiger partial charge in [0.1, 0.15) is 11.4 Å². The van der Waals surface area contributed by atoms with E-state index >= 15 is 0 Å². The van der Waals surface area contributed by atoms with Crippen LogP contribution in [0.1, 0.15) is 27.6 Å². The molecular formula is C25H20N4O4. The summed E-state index contributed by atoms with van der Waals surface area (Å²) in [4.78, 5) is 42.2. The maximum Gasteiger partial charge on any atom is 0.338 e. The summed E-state index contributed by atoms with van der Waals surface area (Å²) in [5.41, 5.74) is 1.73. The van der Waals surface area contributed by atoms with Crippen LogP contribution in [0.5, 0.6) is 0 Å². The normalized spacial score (nSPS) is 10.5. The molecule has 8 heteroatoms. The van der Waals surface area contributed by atoms with Gasteiger partial charge in [0.05, 0.1) is 17.9 Å². The molecule has 8 nitrogen and oxygen atoms in total. The van der Waals surface area contributed by atoms with E-state index in [9.17, 15) is 14.4 Å². The quantitative estimate of drug-likeness (QED) is 0.439. The maximum absolute atomic E-state index is 13.3. The molecule has 2 aromatic heterocycles. The molecule has 0 bridgehead atoms. The van der Waals surface area contributed by atoms with Gasteiger partial charge in [-0.05, 0) is 24.6 Å². The first-order chi connectivity index (χ1) is 16.1. The Labute approximate surface area is 189 Å². The number of benzene rings is 2. The van der Waals surface area contributed by atoms with Gasteiger partial charge < -0.3 is 10.1 Å². The van der Waals surface area contributed by atoms with Gasteiger partial charge in [-0.2, -0.15) is 5.10 Å². The number of amides is 1. The first-order valence-electron chi connectivity index (χ1n) is 10.3. The monoisotopic (exact) mass is 440 g/mol. The van der Waals surface area contributed by atoms with Gasteiger partial charge in [0, 0.05) is 17.3 Å². The average Bonchev–Trinajstić information content (AvgIpc) is 2.85. The number of hydrogen-bond donors (Lipinski definition) is 2. The minimum atomic E-state index is -0.678. The smallest absolute Gasteiger partial charge is 0.338 e. The standard InChI is InChI=1S/C25H20N4O4/c1-2-33-25(32)18-13-14-26-19(15-18)27-23(30)21-20(16-9-5-3-6-10-16)22(28-29-24(21)31)17-11-7-4-8-12-17/h3-15H,2H2,1H3,(H,29,31)(H,26,27,30). The highest BCUT2D eigenvalue weighted by atomic mass is 16.5. The molecule has 0 unspecified atom stereocenters. The van der Waals surface area contributed by atoms with Crippen molar-refractivity contribution in [3.05, 3.63) is 100 Å². The molecular weight excluding hydrogens is 420 g/mol. The van der Waals surface area contributed by atoms with Crippen LogP contribution in [0.3, 0.4) is 0 Å². The van der Waals surface area contributed by atoms with Crippen LogP contribution in [0.25, 0.3) is 22.4 Å². The van der Waals surface area contributed by atoms with Crippen LogP contribution in [0.15, 0.2) is 83.8 Å². The third-order valence-electron chi connectivity index (χ3n) is 4.83. The van der Waals surface area contributed by atoms with E-state index in [1.54, 1.807) is 19.1 Å². The fourth-order valence-electron chi connectivity index (χ4n) is 3.38. The topological polar surface area (TPSA) is 114 Å². The lowest BCUT2D eigenvalue weighted by molar-refractivity contribution is 0.0526. The van der Waals surface area contributed by atoms with Crippen LogP contribution in [0.4, 0.5) is 5.82 Å². The molecule has 0 saturated heterocycles. The second kappa shape index (κ2) is 9.69. The van der Waals surface area contributed by atoms with Gasteiger partial charge in [0.15, 0.2) is 0 Å². The number of pyridine rings is 1. The highest BCUT2D eigenvalue weighted by Gasteiger charge is 2.23. The lowest BCUT2D eigenvalue weighted by Gasteiger charge is -2.14. The van der Waals surface area contributed by atoms with Crippen molar-refractivity contribution in [3.63, 3.8) is 0 Å². The number of rotatable bonds is 6. The first-order valence-corrected chi connectivity index (χ1v) is 10.3. The van der Waals surface area contributed by atoms with E-state index in [2.05, 4.69) is 20.5 Å². The van der Waals surface area contributed by atoms with E-state index in [0.717, 1.165) is 5.56 Å². The predicted molar refractivity (Wildman–Crippen MR) is 124 cm³/mol. The summed E-state index contributed by atoms with van der Waals surface area (Å²) in [6.45, 7) is 1.92. The Hall–Kier alpha value is -4.59. The van der Waals surface area contributed by atoms with Crippen LogP contribution in [0.2, 0.25) is 0 Å². The fraction of sp³-hybridized carbons (Fsp3) is 0.0800. The van der Waals surface area contributed by atoms with Crippen LogP contribution < -0.4 is 10.9 Å². The zero-order valence-corrected chi connectivity index (χ0v) is 17.7. The van der Waals surface area contributed by atoms with E-state index < -0.39 is 17.4 Å². The average molecular weight is 440 g/mol. The van der Waals surface area contributed by atoms with Crippen LogP contribution in [-0.2, 0) is 4.74 Å². The highest BCUT2D eigenvalue weighted by Crippen LogP contribution is 2.31. The molecule has 0 saturated carbocycles. The van der Waals surface area contributed by atoms with Crippen LogP contribution >= 0.6 is 0 Å². The van der Waals surface area contributed by atoms with Gasteiger partial charge in [0.25, 0.3) is 11.5 Å². The molecule has 0 fully saturated rings. The summed E-state index contributed by atoms with van der Waals surface area (Å²) in [5.74, 6) is -1.10. The zero-order valence-electron chi connectivity index (χ0n) is 17.7. The number of nitrogens with zero attached hydrogens (tertiary/aromatic N) is 2. The Morgan fingerprint density at radius 1 is 0.970 bits per heavy atom. The summed E-state index contributed by atoms with van der Waals surface area (Å²) in [5, 5.41) is 9.29. The SMILES string of the molecule is CCOC(=O)c1ccnc(NC(=O)c2c(-c3ccccc3)c(-c3ccccc3)n[nH]c2=O)c1. The third kappa shape index (κ3) is 4.69. The zero-order chi connectivity index (χ0) is 23.2. The van der Waals surface area contributed by atoms with Gasteiger partial charge in [-0.1, -0.05) is 60.7 Å². The minimum absolute atomic E-state index is 0.113. The number of esters is 1. The number of nitrogens with one attached hydrogen (secondary N) is 2. The molecule has 2 aromatic carbocycles. The molecule has 0 spiro atoms. The maximum atomic E-state index is 13.3. The van der Waals surface area contributed by atoms with E-state index in [4.69, 9.17) is 4.74 Å². The summed E-state index contributed by atoms with van der Waals surface area (Å²) in [6, 6.07) is 21.2. The van der Waals surface area contributed by atoms with Gasteiger partial charge >= 0.3 is 5.97 Å². The van der Waals surface area contributed by atoms with E-state index in [-0.39, 0.29) is 23.6 Å². The molecule has 2 heterocycles. The fourth-order valence-corrected chi connectivity index (χ4v) is 3.38. The van der Waals surface area contributed by atoms with Crippen molar-refractivity contribution in [3.8, 4) is 22.4 Å². The summed E-state index contributed by atoms with van der Waals surface area (Å²) in [7, 11) is 0. The van der Waals surface area contributed by atoms with Crippen molar-refractivity contribution in [1.82, 2.24) is 15.2 Å². The van der Waals surface area contributed by atoms with Crippen molar-refractivity contribution >= 4 is 17.7 Å². The van der Waals surface area contributed by atoms with E-state index in [1.807, 2.05) is 48.5 Å². The molecule has 0 aliphatic carbocycles. The van der Waals surface area contributed by atoms with Gasteiger partial charge in [0.2, 0.25) is 0 Å². The number of H-pyrrole nitrogens is 1. The number of anilines is 1. The summed E-state index contributed by atoms with van der Waals surface area (Å²) in [6.07, 6.45) is 1.38. The number of aromatic amines is 1. The molecule has 0 atom stereocenters.